The lowest BCUT2D eigenvalue weighted by molar-refractivity contribution is 0.391. The molecule has 0 amide bonds. The molecule has 0 saturated carbocycles. The Balaban J connectivity index is 1.91. The van der Waals surface area contributed by atoms with Crippen LogP contribution in [0.3, 0.4) is 0 Å². The van der Waals surface area contributed by atoms with Crippen molar-refractivity contribution in [2.75, 3.05) is 14.2 Å². The van der Waals surface area contributed by atoms with Crippen molar-refractivity contribution in [2.45, 2.75) is 16.6 Å². The van der Waals surface area contributed by atoms with Gasteiger partial charge < -0.3 is 14.6 Å². The van der Waals surface area contributed by atoms with Crippen LogP contribution in [0, 0.1) is 0 Å². The smallest absolute Gasteiger partial charge is 0.330 e. The molecule has 9 heteroatoms. The van der Waals surface area contributed by atoms with Gasteiger partial charge in [-0.15, -0.1) is 11.8 Å². The molecular formula is C22H21N3O5S. The van der Waals surface area contributed by atoms with E-state index in [-0.39, 0.29) is 10.8 Å². The van der Waals surface area contributed by atoms with Gasteiger partial charge >= 0.3 is 5.69 Å². The molecule has 1 aromatic heterocycles. The number of nitrogens with one attached hydrogen (secondary N) is 1. The second-order valence-corrected chi connectivity index (χ2v) is 8.21. The van der Waals surface area contributed by atoms with E-state index in [1.54, 1.807) is 32.0 Å². The molecule has 0 saturated heterocycles. The molecule has 1 atom stereocenters. The highest BCUT2D eigenvalue weighted by Crippen LogP contribution is 2.48. The molecular weight excluding hydrogens is 418 g/mol. The van der Waals surface area contributed by atoms with Crippen LogP contribution in [0.5, 0.6) is 17.4 Å². The first-order valence-electron chi connectivity index (χ1n) is 9.50. The lowest BCUT2D eigenvalue weighted by Crippen LogP contribution is -2.32. The maximum atomic E-state index is 12.6. The second kappa shape index (κ2) is 8.35. The van der Waals surface area contributed by atoms with Crippen molar-refractivity contribution in [3.63, 3.8) is 0 Å². The monoisotopic (exact) mass is 439 g/mol. The summed E-state index contributed by atoms with van der Waals surface area (Å²) in [4.78, 5) is 32.4. The summed E-state index contributed by atoms with van der Waals surface area (Å²) >= 11 is 1.59. The summed E-state index contributed by atoms with van der Waals surface area (Å²) < 4.78 is 11.9. The van der Waals surface area contributed by atoms with E-state index in [2.05, 4.69) is 4.98 Å². The minimum absolute atomic E-state index is 0.0168. The van der Waals surface area contributed by atoms with Crippen LogP contribution < -0.4 is 20.7 Å². The fourth-order valence-electron chi connectivity index (χ4n) is 3.50. The van der Waals surface area contributed by atoms with Crippen LogP contribution in [-0.4, -0.2) is 34.6 Å². The topological polar surface area (TPSA) is 106 Å². The third kappa shape index (κ3) is 3.84. The molecule has 1 aliphatic rings. The van der Waals surface area contributed by atoms with Gasteiger partial charge in [-0.3, -0.25) is 19.3 Å². The van der Waals surface area contributed by atoms with Crippen molar-refractivity contribution in [3.05, 3.63) is 74.4 Å². The molecule has 160 valence electrons. The van der Waals surface area contributed by atoms with Crippen molar-refractivity contribution in [1.29, 1.82) is 0 Å². The normalized spacial score (nSPS) is 15.6. The van der Waals surface area contributed by atoms with Gasteiger partial charge in [0.25, 0.3) is 5.56 Å². The Bertz CT molecular complexity index is 1300. The number of hydrogen-bond donors (Lipinski definition) is 2. The number of H-pyrrole nitrogens is 1. The van der Waals surface area contributed by atoms with Crippen LogP contribution in [0.1, 0.15) is 22.8 Å². The number of benzene rings is 2. The Morgan fingerprint density at radius 2 is 1.94 bits per heavy atom. The number of aliphatic imine (C=N–C) groups is 1. The predicted octanol–water partition coefficient (Wildman–Crippen LogP) is 3.15. The van der Waals surface area contributed by atoms with Gasteiger partial charge in [0.15, 0.2) is 0 Å². The summed E-state index contributed by atoms with van der Waals surface area (Å²) in [6.07, 6.45) is 0.330. The predicted molar refractivity (Wildman–Crippen MR) is 119 cm³/mol. The number of para-hydroxylation sites is 1. The molecule has 4 rings (SSSR count). The Hall–Kier alpha value is -3.46. The van der Waals surface area contributed by atoms with Crippen molar-refractivity contribution in [1.82, 2.24) is 9.55 Å². The fourth-order valence-corrected chi connectivity index (χ4v) is 4.76. The quantitative estimate of drug-likeness (QED) is 0.647. The SMILES string of the molecule is COc1ccc(C2CC(c3c(O)n(C)c(=O)[nH]c3=O)=Nc3ccccc3S2)c(OC)c1. The van der Waals surface area contributed by atoms with Gasteiger partial charge in [0.2, 0.25) is 5.88 Å². The molecule has 2 N–H and O–H groups in total. The molecule has 3 aromatic rings. The van der Waals surface area contributed by atoms with Gasteiger partial charge in [-0.25, -0.2) is 4.79 Å². The third-order valence-corrected chi connectivity index (χ3v) is 6.44. The van der Waals surface area contributed by atoms with E-state index in [0.29, 0.717) is 29.3 Å². The Labute approximate surface area is 182 Å². The van der Waals surface area contributed by atoms with E-state index >= 15 is 0 Å². The number of rotatable bonds is 4. The van der Waals surface area contributed by atoms with Gasteiger partial charge in [-0.05, 0) is 18.2 Å². The lowest BCUT2D eigenvalue weighted by atomic mass is 10.0. The molecule has 8 nitrogen and oxygen atoms in total. The van der Waals surface area contributed by atoms with Crippen molar-refractivity contribution < 1.29 is 14.6 Å². The first-order valence-corrected chi connectivity index (χ1v) is 10.4. The van der Waals surface area contributed by atoms with Crippen molar-refractivity contribution in [3.8, 4) is 17.4 Å². The van der Waals surface area contributed by atoms with E-state index in [1.165, 1.54) is 7.05 Å². The zero-order valence-corrected chi connectivity index (χ0v) is 18.0. The van der Waals surface area contributed by atoms with Crippen LogP contribution >= 0.6 is 11.8 Å². The molecule has 0 radical (unpaired) electrons. The fraction of sp³-hybridized carbons (Fsp3) is 0.227. The molecule has 0 spiro atoms. The van der Waals surface area contributed by atoms with Crippen LogP contribution in [0.15, 0.2) is 61.9 Å². The van der Waals surface area contributed by atoms with Crippen LogP contribution in [0.25, 0.3) is 0 Å². The number of thioether (sulfide) groups is 1. The molecule has 0 fully saturated rings. The maximum Gasteiger partial charge on any atom is 0.330 e. The summed E-state index contributed by atoms with van der Waals surface area (Å²) in [5.41, 5.74) is 0.586. The third-order valence-electron chi connectivity index (χ3n) is 5.14. The number of methoxy groups -OCH3 is 2. The minimum atomic E-state index is -0.691. The standard InChI is InChI=1S/C22H21N3O5S/c1-25-21(27)19(20(26)24-22(25)28)15-11-18(31-17-7-5-4-6-14(17)23-15)13-9-8-12(29-2)10-16(13)30-3/h4-10,18,27H,11H2,1-3H3,(H,24,26,28). The van der Waals surface area contributed by atoms with Crippen molar-refractivity contribution in [2.24, 2.45) is 12.0 Å². The molecule has 0 aliphatic carbocycles. The van der Waals surface area contributed by atoms with E-state index in [1.807, 2.05) is 36.4 Å². The molecule has 1 unspecified atom stereocenters. The van der Waals surface area contributed by atoms with Gasteiger partial charge in [0.05, 0.1) is 25.6 Å². The van der Waals surface area contributed by atoms with E-state index in [0.717, 1.165) is 15.0 Å². The van der Waals surface area contributed by atoms with Gasteiger partial charge in [0, 0.05) is 35.2 Å². The largest absolute Gasteiger partial charge is 0.497 e. The van der Waals surface area contributed by atoms with Crippen LogP contribution in [0.2, 0.25) is 0 Å². The van der Waals surface area contributed by atoms with Gasteiger partial charge in [0.1, 0.15) is 17.1 Å². The average Bonchev–Trinajstić information content (AvgIpc) is 2.96. The van der Waals surface area contributed by atoms with Crippen LogP contribution in [0.4, 0.5) is 5.69 Å². The number of ether oxygens (including phenoxy) is 2. The summed E-state index contributed by atoms with van der Waals surface area (Å²) in [6.45, 7) is 0. The Morgan fingerprint density at radius 1 is 1.16 bits per heavy atom. The highest BCUT2D eigenvalue weighted by Gasteiger charge is 2.28. The summed E-state index contributed by atoms with van der Waals surface area (Å²) in [5.74, 6) is 0.896. The van der Waals surface area contributed by atoms with E-state index in [4.69, 9.17) is 14.5 Å². The van der Waals surface area contributed by atoms with Gasteiger partial charge in [-0.2, -0.15) is 0 Å². The number of aromatic amines is 1. The summed E-state index contributed by atoms with van der Waals surface area (Å²) in [7, 11) is 4.57. The highest BCUT2D eigenvalue weighted by atomic mass is 32.2. The highest BCUT2D eigenvalue weighted by molar-refractivity contribution is 7.99. The Morgan fingerprint density at radius 3 is 2.68 bits per heavy atom. The maximum absolute atomic E-state index is 12.6. The Kier molecular flexibility index (Phi) is 5.60. The number of aromatic hydroxyl groups is 1. The number of nitrogens with zero attached hydrogens (tertiary/aromatic N) is 2. The average molecular weight is 439 g/mol. The number of fused-ring (bicyclic) bond motifs is 1. The lowest BCUT2D eigenvalue weighted by Gasteiger charge is -2.19. The van der Waals surface area contributed by atoms with E-state index in [9.17, 15) is 14.7 Å². The molecule has 1 aliphatic heterocycles. The second-order valence-electron chi connectivity index (χ2n) is 6.96. The molecule has 2 heterocycles. The minimum Gasteiger partial charge on any atom is -0.497 e. The van der Waals surface area contributed by atoms with Gasteiger partial charge in [-0.1, -0.05) is 18.2 Å². The van der Waals surface area contributed by atoms with Crippen molar-refractivity contribution >= 4 is 23.2 Å². The first-order chi connectivity index (χ1) is 14.9. The zero-order valence-electron chi connectivity index (χ0n) is 17.2. The zero-order chi connectivity index (χ0) is 22.1. The first kappa shape index (κ1) is 20.8. The summed E-state index contributed by atoms with van der Waals surface area (Å²) in [6, 6.07) is 13.2. The van der Waals surface area contributed by atoms with E-state index < -0.39 is 17.1 Å². The molecule has 31 heavy (non-hydrogen) atoms. The van der Waals surface area contributed by atoms with Crippen LogP contribution in [-0.2, 0) is 7.05 Å². The molecule has 0 bridgehead atoms. The number of hydrogen-bond acceptors (Lipinski definition) is 7. The summed E-state index contributed by atoms with van der Waals surface area (Å²) in [5, 5.41) is 10.4. The number of aromatic nitrogens is 2. The molecule has 2 aromatic carbocycles.